The van der Waals surface area contributed by atoms with E-state index in [-0.39, 0.29) is 26.9 Å². The molecule has 1 amide bonds. The van der Waals surface area contributed by atoms with E-state index >= 15 is 0 Å². The number of nitrogens with zero attached hydrogens (tertiary/aromatic N) is 1. The van der Waals surface area contributed by atoms with Crippen LogP contribution in [0.4, 0.5) is 0 Å². The Labute approximate surface area is 131 Å². The summed E-state index contributed by atoms with van der Waals surface area (Å²) in [5, 5.41) is 5.33. The Hall–Kier alpha value is -1.11. The predicted octanol–water partition coefficient (Wildman–Crippen LogP) is 2.56. The normalized spacial score (nSPS) is 12.3. The highest BCUT2D eigenvalue weighted by Gasteiger charge is 2.29. The molecular formula is C14H21ClN2O3S. The lowest BCUT2D eigenvalue weighted by Crippen LogP contribution is -2.44. The highest BCUT2D eigenvalue weighted by Crippen LogP contribution is 2.27. The fourth-order valence-corrected chi connectivity index (χ4v) is 2.98. The monoisotopic (exact) mass is 332 g/mol. The van der Waals surface area contributed by atoms with Gasteiger partial charge in [0.05, 0.1) is 4.90 Å². The molecule has 0 aliphatic carbocycles. The molecule has 0 spiro atoms. The number of rotatable bonds is 4. The van der Waals surface area contributed by atoms with Crippen LogP contribution in [-0.4, -0.2) is 31.8 Å². The summed E-state index contributed by atoms with van der Waals surface area (Å²) in [5.74, 6) is -0.285. The van der Waals surface area contributed by atoms with E-state index in [1.807, 2.05) is 20.8 Å². The Kier molecular flexibility index (Phi) is 5.08. The van der Waals surface area contributed by atoms with Crippen molar-refractivity contribution in [2.45, 2.75) is 44.6 Å². The van der Waals surface area contributed by atoms with Gasteiger partial charge in [0.1, 0.15) is 0 Å². The summed E-state index contributed by atoms with van der Waals surface area (Å²) in [4.78, 5) is 14.1. The van der Waals surface area contributed by atoms with Crippen LogP contribution in [0.3, 0.4) is 0 Å². The van der Waals surface area contributed by atoms with Crippen LogP contribution in [0.5, 0.6) is 0 Å². The van der Waals surface area contributed by atoms with Crippen LogP contribution in [0, 0.1) is 6.92 Å². The Morgan fingerprint density at radius 2 is 1.90 bits per heavy atom. The number of primary sulfonamides is 1. The number of benzene rings is 1. The van der Waals surface area contributed by atoms with Gasteiger partial charge in [-0.2, -0.15) is 0 Å². The maximum atomic E-state index is 12.6. The average molecular weight is 333 g/mol. The van der Waals surface area contributed by atoms with E-state index in [1.165, 1.54) is 12.1 Å². The number of halogens is 1. The number of carbonyl (C=O) groups is 1. The summed E-state index contributed by atoms with van der Waals surface area (Å²) < 4.78 is 23.2. The number of sulfonamides is 1. The highest BCUT2D eigenvalue weighted by molar-refractivity contribution is 7.89. The molecule has 0 bridgehead atoms. The first kappa shape index (κ1) is 17.9. The summed E-state index contributed by atoms with van der Waals surface area (Å²) in [5.41, 5.74) is 0.203. The van der Waals surface area contributed by atoms with Crippen LogP contribution in [0.2, 0.25) is 5.02 Å². The second-order valence-electron chi connectivity index (χ2n) is 5.65. The molecule has 1 aromatic carbocycles. The number of amides is 1. The number of hydrogen-bond acceptors (Lipinski definition) is 3. The summed E-state index contributed by atoms with van der Waals surface area (Å²) in [6.07, 6.45) is 0.761. The zero-order valence-corrected chi connectivity index (χ0v) is 14.5. The Morgan fingerprint density at radius 3 is 2.33 bits per heavy atom. The summed E-state index contributed by atoms with van der Waals surface area (Å²) in [7, 11) is -2.25. The lowest BCUT2D eigenvalue weighted by molar-refractivity contribution is 0.0619. The fourth-order valence-electron chi connectivity index (χ4n) is 1.86. The molecule has 118 valence electrons. The van der Waals surface area contributed by atoms with Gasteiger partial charge in [0.15, 0.2) is 0 Å². The molecule has 0 aliphatic heterocycles. The molecule has 1 rings (SSSR count). The van der Waals surface area contributed by atoms with E-state index in [4.69, 9.17) is 16.7 Å². The van der Waals surface area contributed by atoms with E-state index < -0.39 is 10.0 Å². The van der Waals surface area contributed by atoms with Crippen LogP contribution in [0.15, 0.2) is 17.0 Å². The zero-order chi connectivity index (χ0) is 16.6. The number of hydrogen-bond donors (Lipinski definition) is 1. The molecule has 0 fully saturated rings. The Balaban J connectivity index is 3.45. The predicted molar refractivity (Wildman–Crippen MR) is 84.0 cm³/mol. The standard InChI is InChI=1S/C14H21ClN2O3S/c1-6-14(3,4)17(5)13(18)11-7-10(15)8-12(9(11)2)21(16,19)20/h7-8H,6H2,1-5H3,(H2,16,19,20). The Morgan fingerprint density at radius 1 is 1.38 bits per heavy atom. The van der Waals surface area contributed by atoms with Gasteiger partial charge < -0.3 is 4.90 Å². The zero-order valence-electron chi connectivity index (χ0n) is 12.9. The second-order valence-corrected chi connectivity index (χ2v) is 7.62. The topological polar surface area (TPSA) is 80.5 Å². The average Bonchev–Trinajstić information content (AvgIpc) is 2.38. The molecule has 0 heterocycles. The maximum Gasteiger partial charge on any atom is 0.254 e. The van der Waals surface area contributed by atoms with Crippen molar-refractivity contribution in [1.82, 2.24) is 4.90 Å². The van der Waals surface area contributed by atoms with Crippen molar-refractivity contribution < 1.29 is 13.2 Å². The molecular weight excluding hydrogens is 312 g/mol. The van der Waals surface area contributed by atoms with Crippen molar-refractivity contribution >= 4 is 27.5 Å². The molecule has 21 heavy (non-hydrogen) atoms. The highest BCUT2D eigenvalue weighted by atomic mass is 35.5. The van der Waals surface area contributed by atoms with Crippen LogP contribution < -0.4 is 5.14 Å². The lowest BCUT2D eigenvalue weighted by Gasteiger charge is -2.35. The van der Waals surface area contributed by atoms with Gasteiger partial charge in [0.2, 0.25) is 10.0 Å². The van der Waals surface area contributed by atoms with Crippen LogP contribution in [0.1, 0.15) is 43.1 Å². The largest absolute Gasteiger partial charge is 0.337 e. The quantitative estimate of drug-likeness (QED) is 0.920. The van der Waals surface area contributed by atoms with Crippen molar-refractivity contribution in [1.29, 1.82) is 0 Å². The summed E-state index contributed by atoms with van der Waals surface area (Å²) >= 11 is 5.93. The minimum atomic E-state index is -3.93. The smallest absolute Gasteiger partial charge is 0.254 e. The minimum Gasteiger partial charge on any atom is -0.337 e. The molecule has 0 saturated heterocycles. The number of carbonyl (C=O) groups excluding carboxylic acids is 1. The van der Waals surface area contributed by atoms with Crippen molar-refractivity contribution in [3.05, 3.63) is 28.3 Å². The third-order valence-electron chi connectivity index (χ3n) is 3.94. The minimum absolute atomic E-state index is 0.124. The molecule has 0 aliphatic rings. The second kappa shape index (κ2) is 5.94. The molecule has 5 nitrogen and oxygen atoms in total. The van der Waals surface area contributed by atoms with Gasteiger partial charge in [-0.1, -0.05) is 18.5 Å². The molecule has 0 aromatic heterocycles. The first-order valence-electron chi connectivity index (χ1n) is 6.53. The van der Waals surface area contributed by atoms with E-state index in [9.17, 15) is 13.2 Å². The van der Waals surface area contributed by atoms with E-state index in [2.05, 4.69) is 0 Å². The van der Waals surface area contributed by atoms with Gasteiger partial charge in [0, 0.05) is 23.2 Å². The maximum absolute atomic E-state index is 12.6. The van der Waals surface area contributed by atoms with E-state index in [1.54, 1.807) is 18.9 Å². The van der Waals surface area contributed by atoms with Crippen molar-refractivity contribution in [3.63, 3.8) is 0 Å². The van der Waals surface area contributed by atoms with Crippen LogP contribution in [-0.2, 0) is 10.0 Å². The SMILES string of the molecule is CCC(C)(C)N(C)C(=O)c1cc(Cl)cc(S(N)(=O)=O)c1C. The van der Waals surface area contributed by atoms with Gasteiger partial charge >= 0.3 is 0 Å². The molecule has 0 radical (unpaired) electrons. The van der Waals surface area contributed by atoms with Crippen molar-refractivity contribution in [2.75, 3.05) is 7.05 Å². The Bertz CT molecular complexity index is 669. The van der Waals surface area contributed by atoms with E-state index in [0.717, 1.165) is 6.42 Å². The van der Waals surface area contributed by atoms with Crippen LogP contribution >= 0.6 is 11.6 Å². The van der Waals surface area contributed by atoms with Crippen LogP contribution in [0.25, 0.3) is 0 Å². The third-order valence-corrected chi connectivity index (χ3v) is 5.19. The first-order valence-corrected chi connectivity index (χ1v) is 8.45. The van der Waals surface area contributed by atoms with Gasteiger partial charge in [-0.15, -0.1) is 0 Å². The van der Waals surface area contributed by atoms with Gasteiger partial charge in [-0.25, -0.2) is 13.6 Å². The molecule has 0 atom stereocenters. The molecule has 2 N–H and O–H groups in total. The van der Waals surface area contributed by atoms with Crippen molar-refractivity contribution in [2.24, 2.45) is 5.14 Å². The first-order chi connectivity index (χ1) is 9.41. The number of nitrogens with two attached hydrogens (primary N) is 1. The summed E-state index contributed by atoms with van der Waals surface area (Å²) in [6.45, 7) is 7.40. The lowest BCUT2D eigenvalue weighted by atomic mass is 9.98. The molecule has 0 unspecified atom stereocenters. The van der Waals surface area contributed by atoms with Gasteiger partial charge in [0.25, 0.3) is 5.91 Å². The molecule has 0 saturated carbocycles. The molecule has 1 aromatic rings. The van der Waals surface area contributed by atoms with Gasteiger partial charge in [-0.05, 0) is 44.9 Å². The van der Waals surface area contributed by atoms with Gasteiger partial charge in [-0.3, -0.25) is 4.79 Å². The fraction of sp³-hybridized carbons (Fsp3) is 0.500. The molecule has 7 heteroatoms. The third kappa shape index (κ3) is 3.75. The van der Waals surface area contributed by atoms with E-state index in [0.29, 0.717) is 5.56 Å². The van der Waals surface area contributed by atoms with Crippen molar-refractivity contribution in [3.8, 4) is 0 Å². The summed E-state index contributed by atoms with van der Waals surface area (Å²) in [6, 6.07) is 2.73.